The van der Waals surface area contributed by atoms with Gasteiger partial charge in [0.15, 0.2) is 5.82 Å². The van der Waals surface area contributed by atoms with Crippen LogP contribution >= 0.6 is 0 Å². The quantitative estimate of drug-likeness (QED) is 0.353. The molecule has 0 saturated carbocycles. The van der Waals surface area contributed by atoms with E-state index in [4.69, 9.17) is 9.47 Å². The van der Waals surface area contributed by atoms with Crippen LogP contribution in [0.2, 0.25) is 0 Å². The summed E-state index contributed by atoms with van der Waals surface area (Å²) >= 11 is 0. The van der Waals surface area contributed by atoms with Crippen LogP contribution in [0.3, 0.4) is 0 Å². The summed E-state index contributed by atoms with van der Waals surface area (Å²) in [5, 5.41) is 23.3. The third-order valence-electron chi connectivity index (χ3n) is 7.55. The van der Waals surface area contributed by atoms with Crippen LogP contribution in [0, 0.1) is 0 Å². The highest BCUT2D eigenvalue weighted by Crippen LogP contribution is 2.30. The number of piperazine rings is 1. The largest absolute Gasteiger partial charge is 0.508 e. The van der Waals surface area contributed by atoms with E-state index in [1.54, 1.807) is 16.8 Å². The number of ether oxygens (including phenoxy) is 2. The summed E-state index contributed by atoms with van der Waals surface area (Å²) in [7, 11) is 0. The molecule has 2 aliphatic rings. The summed E-state index contributed by atoms with van der Waals surface area (Å²) < 4.78 is 13.4. The van der Waals surface area contributed by atoms with Crippen molar-refractivity contribution < 1.29 is 14.6 Å². The second-order valence-corrected chi connectivity index (χ2v) is 10.0. The molecule has 2 aliphatic heterocycles. The lowest BCUT2D eigenvalue weighted by Gasteiger charge is -2.39. The molecule has 2 saturated heterocycles. The SMILES string of the molecule is CCOc1ccc2[nH]c(=O)c([C@@H](c3nnnn3C[C@H]3CCCO3)N3CCN(c4ccc(O)cc4)CC3)cc2c1. The lowest BCUT2D eigenvalue weighted by molar-refractivity contribution is 0.0906. The Balaban J connectivity index is 1.36. The number of anilines is 1. The minimum atomic E-state index is -0.438. The molecule has 0 aliphatic carbocycles. The zero-order chi connectivity index (χ0) is 26.8. The maximum Gasteiger partial charge on any atom is 0.253 e. The molecule has 0 unspecified atom stereocenters. The summed E-state index contributed by atoms with van der Waals surface area (Å²) in [5.74, 6) is 1.64. The smallest absolute Gasteiger partial charge is 0.253 e. The van der Waals surface area contributed by atoms with Crippen LogP contribution in [-0.2, 0) is 11.3 Å². The van der Waals surface area contributed by atoms with Crippen molar-refractivity contribution in [2.24, 2.45) is 0 Å². The fourth-order valence-corrected chi connectivity index (χ4v) is 5.58. The van der Waals surface area contributed by atoms with Gasteiger partial charge in [-0.05, 0) is 78.7 Å². The Morgan fingerprint density at radius 1 is 1.13 bits per heavy atom. The molecule has 2 atom stereocenters. The van der Waals surface area contributed by atoms with Gasteiger partial charge in [-0.2, -0.15) is 0 Å². The summed E-state index contributed by atoms with van der Waals surface area (Å²) in [6, 6.07) is 14.5. The molecule has 0 spiro atoms. The van der Waals surface area contributed by atoms with E-state index in [9.17, 15) is 9.90 Å². The molecule has 2 aromatic heterocycles. The van der Waals surface area contributed by atoms with E-state index in [2.05, 4.69) is 30.3 Å². The lowest BCUT2D eigenvalue weighted by Crippen LogP contribution is -2.49. The Labute approximate surface area is 226 Å². The van der Waals surface area contributed by atoms with Gasteiger partial charge < -0.3 is 24.5 Å². The number of aromatic nitrogens is 5. The topological polar surface area (TPSA) is 122 Å². The Bertz CT molecular complexity index is 1470. The summed E-state index contributed by atoms with van der Waals surface area (Å²) in [4.78, 5) is 21.2. The maximum atomic E-state index is 13.5. The summed E-state index contributed by atoms with van der Waals surface area (Å²) in [5.41, 5.74) is 2.24. The number of hydrogen-bond donors (Lipinski definition) is 2. The molecule has 0 amide bonds. The zero-order valence-corrected chi connectivity index (χ0v) is 22.0. The number of hydrogen-bond acceptors (Lipinski definition) is 9. The van der Waals surface area contributed by atoms with Gasteiger partial charge in [-0.3, -0.25) is 9.69 Å². The number of aromatic hydroxyl groups is 1. The van der Waals surface area contributed by atoms with Crippen LogP contribution in [0.1, 0.15) is 37.2 Å². The highest BCUT2D eigenvalue weighted by atomic mass is 16.5. The molecular weight excluding hydrogens is 498 g/mol. The molecule has 204 valence electrons. The number of phenols is 1. The van der Waals surface area contributed by atoms with E-state index in [0.717, 1.165) is 54.9 Å². The Morgan fingerprint density at radius 3 is 2.69 bits per heavy atom. The number of aromatic amines is 1. The summed E-state index contributed by atoms with van der Waals surface area (Å²) in [6.07, 6.45) is 2.05. The number of benzene rings is 2. The molecule has 2 N–H and O–H groups in total. The van der Waals surface area contributed by atoms with Crippen LogP contribution in [0.15, 0.2) is 53.3 Å². The second kappa shape index (κ2) is 11.0. The molecule has 11 heteroatoms. The van der Waals surface area contributed by atoms with Crippen LogP contribution in [0.5, 0.6) is 11.5 Å². The third-order valence-corrected chi connectivity index (χ3v) is 7.55. The van der Waals surface area contributed by atoms with Crippen molar-refractivity contribution >= 4 is 16.6 Å². The second-order valence-electron chi connectivity index (χ2n) is 10.0. The molecule has 0 bridgehead atoms. The Morgan fingerprint density at radius 2 is 1.95 bits per heavy atom. The maximum absolute atomic E-state index is 13.5. The summed E-state index contributed by atoms with van der Waals surface area (Å²) in [6.45, 7) is 6.73. The van der Waals surface area contributed by atoms with Gasteiger partial charge in [-0.25, -0.2) is 4.68 Å². The average molecular weight is 532 g/mol. The van der Waals surface area contributed by atoms with Gasteiger partial charge in [0.25, 0.3) is 5.56 Å². The number of nitrogens with zero attached hydrogens (tertiary/aromatic N) is 6. The van der Waals surface area contributed by atoms with E-state index >= 15 is 0 Å². The molecule has 2 fully saturated rings. The van der Waals surface area contributed by atoms with Gasteiger partial charge in [0.2, 0.25) is 0 Å². The number of nitrogens with one attached hydrogen (secondary N) is 1. The standard InChI is InChI=1S/C28H33N7O4/c1-2-38-22-9-10-25-19(16-22)17-24(28(37)29-25)26(27-30-31-32-35(27)18-23-4-3-15-39-23)34-13-11-33(12-14-34)20-5-7-21(36)8-6-20/h5-10,16-17,23,26,36H,2-4,11-15,18H2,1H3,(H,29,37)/t23-,26+/m1/s1. The van der Waals surface area contributed by atoms with E-state index in [-0.39, 0.29) is 17.4 Å². The lowest BCUT2D eigenvalue weighted by atomic mass is 10.0. The fourth-order valence-electron chi connectivity index (χ4n) is 5.58. The van der Waals surface area contributed by atoms with E-state index in [1.807, 2.05) is 43.3 Å². The average Bonchev–Trinajstić information content (AvgIpc) is 3.63. The van der Waals surface area contributed by atoms with Gasteiger partial charge in [-0.1, -0.05) is 0 Å². The predicted octanol–water partition coefficient (Wildman–Crippen LogP) is 2.71. The van der Waals surface area contributed by atoms with Crippen molar-refractivity contribution in [1.82, 2.24) is 30.1 Å². The van der Waals surface area contributed by atoms with Crippen LogP contribution in [-0.4, -0.2) is 80.7 Å². The molecule has 6 rings (SSSR count). The van der Waals surface area contributed by atoms with E-state index in [0.29, 0.717) is 37.6 Å². The van der Waals surface area contributed by atoms with Crippen molar-refractivity contribution in [3.63, 3.8) is 0 Å². The van der Waals surface area contributed by atoms with Gasteiger partial charge in [-0.15, -0.1) is 5.10 Å². The van der Waals surface area contributed by atoms with Crippen LogP contribution in [0.4, 0.5) is 5.69 Å². The minimum absolute atomic E-state index is 0.0582. The molecule has 39 heavy (non-hydrogen) atoms. The molecule has 11 nitrogen and oxygen atoms in total. The van der Waals surface area contributed by atoms with Gasteiger partial charge >= 0.3 is 0 Å². The number of pyridine rings is 1. The zero-order valence-electron chi connectivity index (χ0n) is 22.0. The molecular formula is C28H33N7O4. The van der Waals surface area contributed by atoms with Crippen LogP contribution in [0.25, 0.3) is 10.9 Å². The van der Waals surface area contributed by atoms with Crippen molar-refractivity contribution in [1.29, 1.82) is 0 Å². The third kappa shape index (κ3) is 5.32. The normalized spacial score (nSPS) is 19.0. The molecule has 4 heterocycles. The molecule has 2 aromatic carbocycles. The van der Waals surface area contributed by atoms with Crippen LogP contribution < -0.4 is 15.2 Å². The van der Waals surface area contributed by atoms with E-state index in [1.165, 1.54) is 0 Å². The van der Waals surface area contributed by atoms with Crippen molar-refractivity contribution in [3.05, 3.63) is 70.3 Å². The fraction of sp³-hybridized carbons (Fsp3) is 0.429. The minimum Gasteiger partial charge on any atom is -0.508 e. The highest BCUT2D eigenvalue weighted by molar-refractivity contribution is 5.80. The predicted molar refractivity (Wildman–Crippen MR) is 146 cm³/mol. The number of rotatable bonds is 8. The monoisotopic (exact) mass is 531 g/mol. The van der Waals surface area contributed by atoms with Crippen molar-refractivity contribution in [3.8, 4) is 11.5 Å². The first-order chi connectivity index (χ1) is 19.1. The highest BCUT2D eigenvalue weighted by Gasteiger charge is 2.33. The number of tetrazole rings is 1. The van der Waals surface area contributed by atoms with Crippen molar-refractivity contribution in [2.45, 2.75) is 38.5 Å². The van der Waals surface area contributed by atoms with Gasteiger partial charge in [0, 0.05) is 54.9 Å². The van der Waals surface area contributed by atoms with E-state index < -0.39 is 6.04 Å². The number of H-pyrrole nitrogens is 1. The first-order valence-electron chi connectivity index (χ1n) is 13.5. The Hall–Kier alpha value is -3.96. The Kier molecular flexibility index (Phi) is 7.16. The number of fused-ring (bicyclic) bond motifs is 1. The molecule has 4 aromatic rings. The van der Waals surface area contributed by atoms with Crippen molar-refractivity contribution in [2.75, 3.05) is 44.3 Å². The van der Waals surface area contributed by atoms with Gasteiger partial charge in [0.1, 0.15) is 17.5 Å². The first kappa shape index (κ1) is 25.3. The number of phenolic OH excluding ortho intramolecular Hbond substituents is 1. The van der Waals surface area contributed by atoms with Gasteiger partial charge in [0.05, 0.1) is 19.3 Å². The first-order valence-corrected chi connectivity index (χ1v) is 13.5. The molecule has 0 radical (unpaired) electrons.